The molecule has 0 N–H and O–H groups in total. The van der Waals surface area contributed by atoms with Crippen LogP contribution in [0.25, 0.3) is 11.3 Å². The molecular formula is C22H21N3O4S. The highest BCUT2D eigenvalue weighted by atomic mass is 32.1. The van der Waals surface area contributed by atoms with Gasteiger partial charge in [-0.2, -0.15) is 5.10 Å². The average Bonchev–Trinajstić information content (AvgIpc) is 3.47. The zero-order valence-electron chi connectivity index (χ0n) is 16.3. The summed E-state index contributed by atoms with van der Waals surface area (Å²) in [6.07, 6.45) is 1.79. The SMILES string of the molecule is O=C(c1cccs1)N1CCC[C@H]1Cn1nc(-c2ccc3c(c2)OCCO3)ccc1=O. The predicted molar refractivity (Wildman–Crippen MR) is 113 cm³/mol. The third kappa shape index (κ3) is 3.59. The van der Waals surface area contributed by atoms with Gasteiger partial charge >= 0.3 is 0 Å². The first-order valence-corrected chi connectivity index (χ1v) is 10.9. The summed E-state index contributed by atoms with van der Waals surface area (Å²) in [6, 6.07) is 12.6. The van der Waals surface area contributed by atoms with Crippen molar-refractivity contribution in [2.24, 2.45) is 0 Å². The lowest BCUT2D eigenvalue weighted by Crippen LogP contribution is -2.40. The summed E-state index contributed by atoms with van der Waals surface area (Å²) in [6.45, 7) is 2.14. The van der Waals surface area contributed by atoms with Crippen LogP contribution in [-0.2, 0) is 6.54 Å². The van der Waals surface area contributed by atoms with Crippen molar-refractivity contribution < 1.29 is 14.3 Å². The number of hydrogen-bond acceptors (Lipinski definition) is 6. The minimum absolute atomic E-state index is 0.0311. The van der Waals surface area contributed by atoms with Gasteiger partial charge < -0.3 is 14.4 Å². The van der Waals surface area contributed by atoms with Gasteiger partial charge in [0.05, 0.1) is 23.2 Å². The summed E-state index contributed by atoms with van der Waals surface area (Å²) < 4.78 is 12.7. The largest absolute Gasteiger partial charge is 0.486 e. The molecule has 4 heterocycles. The summed E-state index contributed by atoms with van der Waals surface area (Å²) in [5.41, 5.74) is 1.36. The van der Waals surface area contributed by atoms with Crippen molar-refractivity contribution in [1.29, 1.82) is 0 Å². The maximum atomic E-state index is 12.8. The van der Waals surface area contributed by atoms with E-state index in [-0.39, 0.29) is 17.5 Å². The van der Waals surface area contributed by atoms with Crippen molar-refractivity contribution in [2.45, 2.75) is 25.4 Å². The number of carbonyl (C=O) groups excluding carboxylic acids is 1. The second-order valence-electron chi connectivity index (χ2n) is 7.37. The first-order valence-electron chi connectivity index (χ1n) is 10.0. The van der Waals surface area contributed by atoms with E-state index in [1.54, 1.807) is 6.07 Å². The quantitative estimate of drug-likeness (QED) is 0.645. The van der Waals surface area contributed by atoms with Crippen molar-refractivity contribution in [3.05, 3.63) is 63.1 Å². The molecule has 1 fully saturated rings. The van der Waals surface area contributed by atoms with Gasteiger partial charge in [-0.3, -0.25) is 9.59 Å². The van der Waals surface area contributed by atoms with Crippen LogP contribution in [0.4, 0.5) is 0 Å². The molecule has 0 unspecified atom stereocenters. The second-order valence-corrected chi connectivity index (χ2v) is 8.32. The molecule has 0 aliphatic carbocycles. The highest BCUT2D eigenvalue weighted by molar-refractivity contribution is 7.12. The van der Waals surface area contributed by atoms with Crippen LogP contribution in [0.3, 0.4) is 0 Å². The van der Waals surface area contributed by atoms with E-state index in [2.05, 4.69) is 5.10 Å². The first kappa shape index (κ1) is 18.9. The summed E-state index contributed by atoms with van der Waals surface area (Å²) in [5.74, 6) is 1.43. The van der Waals surface area contributed by atoms with Gasteiger partial charge in [-0.15, -0.1) is 11.3 Å². The topological polar surface area (TPSA) is 73.7 Å². The average molecular weight is 423 g/mol. The van der Waals surface area contributed by atoms with Crippen molar-refractivity contribution >= 4 is 17.2 Å². The summed E-state index contributed by atoms with van der Waals surface area (Å²) >= 11 is 1.44. The molecule has 1 saturated heterocycles. The molecule has 0 radical (unpaired) electrons. The molecule has 154 valence electrons. The molecular weight excluding hydrogens is 402 g/mol. The minimum atomic E-state index is -0.174. The number of likely N-dealkylation sites (tertiary alicyclic amines) is 1. The van der Waals surface area contributed by atoms with Crippen LogP contribution in [0.1, 0.15) is 22.5 Å². The summed E-state index contributed by atoms with van der Waals surface area (Å²) in [4.78, 5) is 27.9. The molecule has 1 atom stereocenters. The molecule has 8 heteroatoms. The van der Waals surface area contributed by atoms with Crippen molar-refractivity contribution in [1.82, 2.24) is 14.7 Å². The normalized spacial score (nSPS) is 17.9. The Labute approximate surface area is 177 Å². The Bertz CT molecular complexity index is 1130. The van der Waals surface area contributed by atoms with E-state index >= 15 is 0 Å². The molecule has 2 aliphatic heterocycles. The highest BCUT2D eigenvalue weighted by Gasteiger charge is 2.30. The molecule has 7 nitrogen and oxygen atoms in total. The standard InChI is InChI=1S/C22H21N3O4S/c26-21-8-6-17(15-5-7-18-19(13-15)29-11-10-28-18)23-25(21)14-16-3-1-9-24(16)22(27)20-4-2-12-30-20/h2,4-8,12-13,16H,1,3,9-11,14H2/t16-/m0/s1. The summed E-state index contributed by atoms with van der Waals surface area (Å²) in [7, 11) is 0. The van der Waals surface area contributed by atoms with Crippen molar-refractivity contribution in [2.75, 3.05) is 19.8 Å². The zero-order chi connectivity index (χ0) is 20.5. The van der Waals surface area contributed by atoms with Gasteiger partial charge in [0.1, 0.15) is 13.2 Å². The molecule has 1 amide bonds. The maximum Gasteiger partial charge on any atom is 0.266 e. The van der Waals surface area contributed by atoms with Gasteiger partial charge in [0.25, 0.3) is 11.5 Å². The molecule has 0 bridgehead atoms. The fraction of sp³-hybridized carbons (Fsp3) is 0.318. The maximum absolute atomic E-state index is 12.8. The lowest BCUT2D eigenvalue weighted by molar-refractivity contribution is 0.0725. The number of nitrogens with zero attached hydrogens (tertiary/aromatic N) is 3. The van der Waals surface area contributed by atoms with Gasteiger partial charge in [0.15, 0.2) is 11.5 Å². The van der Waals surface area contributed by atoms with Crippen LogP contribution in [0, 0.1) is 0 Å². The van der Waals surface area contributed by atoms with Crippen molar-refractivity contribution in [3.8, 4) is 22.8 Å². The lowest BCUT2D eigenvalue weighted by atomic mass is 10.1. The number of aromatic nitrogens is 2. The number of thiophene rings is 1. The minimum Gasteiger partial charge on any atom is -0.486 e. The number of rotatable bonds is 4. The molecule has 2 aromatic heterocycles. The molecule has 2 aliphatic rings. The Morgan fingerprint density at radius 1 is 1.13 bits per heavy atom. The van der Waals surface area contributed by atoms with Crippen LogP contribution in [0.5, 0.6) is 11.5 Å². The summed E-state index contributed by atoms with van der Waals surface area (Å²) in [5, 5.41) is 6.49. The fourth-order valence-electron chi connectivity index (χ4n) is 3.97. The van der Waals surface area contributed by atoms with Gasteiger partial charge in [-0.25, -0.2) is 4.68 Å². The first-order chi connectivity index (χ1) is 14.7. The fourth-order valence-corrected chi connectivity index (χ4v) is 4.65. The van der Waals surface area contributed by atoms with Crippen LogP contribution in [-0.4, -0.2) is 46.4 Å². The Balaban J connectivity index is 1.40. The molecule has 0 spiro atoms. The number of carbonyl (C=O) groups is 1. The number of fused-ring (bicyclic) bond motifs is 1. The van der Waals surface area contributed by atoms with E-state index in [1.807, 2.05) is 40.6 Å². The van der Waals surface area contributed by atoms with Gasteiger partial charge in [-0.1, -0.05) is 6.07 Å². The highest BCUT2D eigenvalue weighted by Crippen LogP contribution is 2.33. The molecule has 30 heavy (non-hydrogen) atoms. The third-order valence-electron chi connectivity index (χ3n) is 5.46. The van der Waals surface area contributed by atoms with E-state index < -0.39 is 0 Å². The number of hydrogen-bond donors (Lipinski definition) is 0. The Morgan fingerprint density at radius 2 is 2.00 bits per heavy atom. The number of ether oxygens (including phenoxy) is 2. The smallest absolute Gasteiger partial charge is 0.266 e. The van der Waals surface area contributed by atoms with E-state index in [1.165, 1.54) is 22.1 Å². The van der Waals surface area contributed by atoms with Gasteiger partial charge in [-0.05, 0) is 48.6 Å². The van der Waals surface area contributed by atoms with Crippen LogP contribution < -0.4 is 15.0 Å². The van der Waals surface area contributed by atoms with Crippen LogP contribution in [0.2, 0.25) is 0 Å². The predicted octanol–water partition coefficient (Wildman–Crippen LogP) is 3.05. The van der Waals surface area contributed by atoms with Crippen LogP contribution >= 0.6 is 11.3 Å². The monoisotopic (exact) mass is 423 g/mol. The van der Waals surface area contributed by atoms with E-state index in [9.17, 15) is 9.59 Å². The molecule has 3 aromatic rings. The zero-order valence-corrected chi connectivity index (χ0v) is 17.1. The molecule has 1 aromatic carbocycles. The van der Waals surface area contributed by atoms with E-state index in [4.69, 9.17) is 9.47 Å². The van der Waals surface area contributed by atoms with Gasteiger partial charge in [0, 0.05) is 18.2 Å². The van der Waals surface area contributed by atoms with Crippen LogP contribution in [0.15, 0.2) is 52.6 Å². The Morgan fingerprint density at radius 3 is 2.83 bits per heavy atom. The second kappa shape index (κ2) is 7.95. The van der Waals surface area contributed by atoms with Crippen molar-refractivity contribution in [3.63, 3.8) is 0 Å². The van der Waals surface area contributed by atoms with E-state index in [0.29, 0.717) is 43.5 Å². The number of benzene rings is 1. The van der Waals surface area contributed by atoms with E-state index in [0.717, 1.165) is 23.3 Å². The lowest BCUT2D eigenvalue weighted by Gasteiger charge is -2.24. The Kier molecular flexibility index (Phi) is 5.00. The molecule has 5 rings (SSSR count). The number of amides is 1. The third-order valence-corrected chi connectivity index (χ3v) is 6.32. The van der Waals surface area contributed by atoms with Gasteiger partial charge in [0.2, 0.25) is 0 Å². The Hall–Kier alpha value is -3.13. The molecule has 0 saturated carbocycles.